The second-order valence-corrected chi connectivity index (χ2v) is 5.44. The Kier molecular flexibility index (Phi) is 5.64. The van der Waals surface area contributed by atoms with E-state index in [0.29, 0.717) is 6.54 Å². The lowest BCUT2D eigenvalue weighted by Gasteiger charge is -2.08. The number of carbonyl (C=O) groups excluding carboxylic acids is 1. The lowest BCUT2D eigenvalue weighted by molar-refractivity contribution is -0.115. The third-order valence-electron chi connectivity index (χ3n) is 3.17. The predicted molar refractivity (Wildman–Crippen MR) is 92.5 cm³/mol. The van der Waals surface area contributed by atoms with Gasteiger partial charge in [-0.1, -0.05) is 0 Å². The number of hydrogen-bond acceptors (Lipinski definition) is 4. The van der Waals surface area contributed by atoms with Crippen LogP contribution in [0.2, 0.25) is 0 Å². The Hall–Kier alpha value is -2.48. The number of hydrogen-bond donors (Lipinski definition) is 2. The molecule has 0 saturated heterocycles. The van der Waals surface area contributed by atoms with Crippen molar-refractivity contribution < 1.29 is 4.79 Å². The molecule has 0 aliphatic carbocycles. The molecule has 2 aromatic heterocycles. The van der Waals surface area contributed by atoms with Crippen molar-refractivity contribution in [2.45, 2.75) is 26.9 Å². The highest BCUT2D eigenvalue weighted by molar-refractivity contribution is 7.80. The van der Waals surface area contributed by atoms with Crippen molar-refractivity contribution in [2.75, 3.05) is 0 Å². The number of carbonyl (C=O) groups is 1. The maximum Gasteiger partial charge on any atom is 0.250 e. The molecule has 0 spiro atoms. The van der Waals surface area contributed by atoms with E-state index in [2.05, 4.69) is 20.8 Å². The zero-order chi connectivity index (χ0) is 16.8. The molecule has 0 fully saturated rings. The smallest absolute Gasteiger partial charge is 0.250 e. The zero-order valence-corrected chi connectivity index (χ0v) is 14.2. The van der Waals surface area contributed by atoms with Crippen molar-refractivity contribution in [1.82, 2.24) is 30.2 Å². The molecule has 2 rings (SSSR count). The quantitative estimate of drug-likeness (QED) is 0.634. The third kappa shape index (κ3) is 5.03. The largest absolute Gasteiger partial charge is 0.357 e. The molecule has 2 N–H and O–H groups in total. The van der Waals surface area contributed by atoms with Gasteiger partial charge in [0.2, 0.25) is 5.91 Å². The van der Waals surface area contributed by atoms with Gasteiger partial charge in [-0.2, -0.15) is 10.2 Å². The van der Waals surface area contributed by atoms with Crippen molar-refractivity contribution in [3.05, 3.63) is 41.5 Å². The fourth-order valence-corrected chi connectivity index (χ4v) is 2.18. The molecule has 2 heterocycles. The zero-order valence-electron chi connectivity index (χ0n) is 13.4. The van der Waals surface area contributed by atoms with Crippen LogP contribution in [0.1, 0.15) is 23.9 Å². The molecule has 0 radical (unpaired) electrons. The molecule has 122 valence electrons. The second kappa shape index (κ2) is 7.68. The molecule has 0 aliphatic rings. The van der Waals surface area contributed by atoms with Crippen LogP contribution in [0.3, 0.4) is 0 Å². The number of nitrogens with one attached hydrogen (secondary N) is 2. The first-order valence-corrected chi connectivity index (χ1v) is 7.67. The normalized spacial score (nSPS) is 10.9. The van der Waals surface area contributed by atoms with Gasteiger partial charge in [0.15, 0.2) is 5.11 Å². The topological polar surface area (TPSA) is 76.8 Å². The SMILES string of the molecule is CCn1cc(/C=C/C(=O)NC(=S)NCc2cc(C)nn2C)cn1. The van der Waals surface area contributed by atoms with Gasteiger partial charge in [-0.05, 0) is 38.2 Å². The van der Waals surface area contributed by atoms with Gasteiger partial charge in [-0.25, -0.2) is 0 Å². The van der Waals surface area contributed by atoms with Crippen molar-refractivity contribution in [1.29, 1.82) is 0 Å². The van der Waals surface area contributed by atoms with Crippen LogP contribution in [-0.2, 0) is 24.9 Å². The van der Waals surface area contributed by atoms with Crippen LogP contribution in [0.4, 0.5) is 0 Å². The number of rotatable bonds is 5. The summed E-state index contributed by atoms with van der Waals surface area (Å²) in [5.41, 5.74) is 2.79. The van der Waals surface area contributed by atoms with Gasteiger partial charge in [-0.15, -0.1) is 0 Å². The molecule has 0 bridgehead atoms. The van der Waals surface area contributed by atoms with Gasteiger partial charge >= 0.3 is 0 Å². The summed E-state index contributed by atoms with van der Waals surface area (Å²) in [6.45, 7) is 5.22. The van der Waals surface area contributed by atoms with E-state index in [9.17, 15) is 4.79 Å². The van der Waals surface area contributed by atoms with Crippen LogP contribution in [0.25, 0.3) is 6.08 Å². The molecule has 0 aliphatic heterocycles. The van der Waals surface area contributed by atoms with E-state index in [-0.39, 0.29) is 11.0 Å². The van der Waals surface area contributed by atoms with Gasteiger partial charge < -0.3 is 5.32 Å². The molecule has 2 aromatic rings. The Labute approximate surface area is 140 Å². The first-order chi connectivity index (χ1) is 11.0. The summed E-state index contributed by atoms with van der Waals surface area (Å²) in [6.07, 6.45) is 6.69. The van der Waals surface area contributed by atoms with E-state index in [1.165, 1.54) is 6.08 Å². The molecule has 0 unspecified atom stereocenters. The third-order valence-corrected chi connectivity index (χ3v) is 3.42. The molecule has 0 saturated carbocycles. The minimum absolute atomic E-state index is 0.280. The Bertz CT molecular complexity index is 730. The van der Waals surface area contributed by atoms with Crippen LogP contribution >= 0.6 is 12.2 Å². The maximum atomic E-state index is 11.8. The van der Waals surface area contributed by atoms with Crippen molar-refractivity contribution in [3.8, 4) is 0 Å². The molecule has 7 nitrogen and oxygen atoms in total. The van der Waals surface area contributed by atoms with Crippen LogP contribution in [-0.4, -0.2) is 30.6 Å². The summed E-state index contributed by atoms with van der Waals surface area (Å²) in [7, 11) is 1.87. The molecular weight excluding hydrogens is 312 g/mol. The molecule has 0 atom stereocenters. The van der Waals surface area contributed by atoms with Gasteiger partial charge in [0.25, 0.3) is 0 Å². The number of aryl methyl sites for hydroxylation is 3. The fourth-order valence-electron chi connectivity index (χ4n) is 2.01. The van der Waals surface area contributed by atoms with E-state index in [1.807, 2.05) is 33.2 Å². The Morgan fingerprint density at radius 2 is 2.26 bits per heavy atom. The van der Waals surface area contributed by atoms with E-state index < -0.39 is 0 Å². The minimum atomic E-state index is -0.284. The van der Waals surface area contributed by atoms with Crippen LogP contribution < -0.4 is 10.6 Å². The summed E-state index contributed by atoms with van der Waals surface area (Å²) >= 11 is 5.11. The maximum absolute atomic E-state index is 11.8. The Morgan fingerprint density at radius 3 is 2.87 bits per heavy atom. The molecule has 8 heteroatoms. The summed E-state index contributed by atoms with van der Waals surface area (Å²) in [5.74, 6) is -0.284. The molecule has 0 aromatic carbocycles. The van der Waals surface area contributed by atoms with Gasteiger partial charge in [-0.3, -0.25) is 19.5 Å². The summed E-state index contributed by atoms with van der Waals surface area (Å²) in [5, 5.41) is 14.3. The predicted octanol–water partition coefficient (Wildman–Crippen LogP) is 1.15. The van der Waals surface area contributed by atoms with E-state index >= 15 is 0 Å². The first-order valence-electron chi connectivity index (χ1n) is 7.26. The Balaban J connectivity index is 1.80. The summed E-state index contributed by atoms with van der Waals surface area (Å²) in [4.78, 5) is 11.8. The van der Waals surface area contributed by atoms with Crippen LogP contribution in [0, 0.1) is 6.92 Å². The number of aromatic nitrogens is 4. The number of thiocarbonyl (C=S) groups is 1. The van der Waals surface area contributed by atoms with Crippen molar-refractivity contribution in [2.24, 2.45) is 7.05 Å². The minimum Gasteiger partial charge on any atom is -0.357 e. The standard InChI is InChI=1S/C15H20N6OS/c1-4-21-10-12(8-17-21)5-6-14(22)18-15(23)16-9-13-7-11(2)19-20(13)3/h5-8,10H,4,9H2,1-3H3,(H2,16,18,22,23)/b6-5+. The van der Waals surface area contributed by atoms with E-state index in [0.717, 1.165) is 23.5 Å². The van der Waals surface area contributed by atoms with E-state index in [4.69, 9.17) is 12.2 Å². The monoisotopic (exact) mass is 332 g/mol. The first kappa shape index (κ1) is 16.9. The average molecular weight is 332 g/mol. The highest BCUT2D eigenvalue weighted by atomic mass is 32.1. The highest BCUT2D eigenvalue weighted by Gasteiger charge is 2.04. The summed E-state index contributed by atoms with van der Waals surface area (Å²) in [6, 6.07) is 1.96. The van der Waals surface area contributed by atoms with Crippen molar-refractivity contribution >= 4 is 29.3 Å². The van der Waals surface area contributed by atoms with Gasteiger partial charge in [0.1, 0.15) is 0 Å². The average Bonchev–Trinajstić information content (AvgIpc) is 3.09. The lowest BCUT2D eigenvalue weighted by atomic mass is 10.3. The lowest BCUT2D eigenvalue weighted by Crippen LogP contribution is -2.38. The van der Waals surface area contributed by atoms with Crippen LogP contribution in [0.15, 0.2) is 24.5 Å². The highest BCUT2D eigenvalue weighted by Crippen LogP contribution is 2.01. The molecule has 1 amide bonds. The van der Waals surface area contributed by atoms with Crippen LogP contribution in [0.5, 0.6) is 0 Å². The number of nitrogens with zero attached hydrogens (tertiary/aromatic N) is 4. The number of amides is 1. The van der Waals surface area contributed by atoms with E-state index in [1.54, 1.807) is 21.6 Å². The van der Waals surface area contributed by atoms with Gasteiger partial charge in [0.05, 0.1) is 24.1 Å². The summed E-state index contributed by atoms with van der Waals surface area (Å²) < 4.78 is 3.57. The molecular formula is C15H20N6OS. The second-order valence-electron chi connectivity index (χ2n) is 5.04. The fraction of sp³-hybridized carbons (Fsp3) is 0.333. The molecule has 23 heavy (non-hydrogen) atoms. The Morgan fingerprint density at radius 1 is 1.48 bits per heavy atom. The van der Waals surface area contributed by atoms with Gasteiger partial charge in [0, 0.05) is 31.4 Å². The van der Waals surface area contributed by atoms with Crippen molar-refractivity contribution in [3.63, 3.8) is 0 Å².